The fraction of sp³-hybridized carbons (Fsp3) is 0.333. The molecule has 0 bridgehead atoms. The Bertz CT molecular complexity index is 535. The van der Waals surface area contributed by atoms with Gasteiger partial charge in [0, 0.05) is 0 Å². The lowest BCUT2D eigenvalue weighted by Crippen LogP contribution is -1.96. The maximum atomic E-state index is 5.70. The third-order valence-corrected chi connectivity index (χ3v) is 3.14. The van der Waals surface area contributed by atoms with E-state index in [9.17, 15) is 0 Å². The number of benzene rings is 2. The number of unbranched alkanes of at least 4 members (excludes halogenated alkanes) is 3. The summed E-state index contributed by atoms with van der Waals surface area (Å²) >= 11 is 0. The van der Waals surface area contributed by atoms with Crippen molar-refractivity contribution < 1.29 is 4.74 Å². The molecule has 0 unspecified atom stereocenters. The highest BCUT2D eigenvalue weighted by Gasteiger charge is 1.95. The molecular weight excluding hydrogens is 260 g/mol. The highest BCUT2D eigenvalue weighted by Crippen LogP contribution is 2.21. The molecule has 0 aromatic heterocycles. The summed E-state index contributed by atoms with van der Waals surface area (Å²) in [5.41, 5.74) is 1.69. The van der Waals surface area contributed by atoms with Gasteiger partial charge in [0.2, 0.25) is 0 Å². The average molecular weight is 282 g/mol. The quantitative estimate of drug-likeness (QED) is 0.428. The molecule has 0 amide bonds. The molecule has 0 heterocycles. The maximum Gasteiger partial charge on any atom is 0.119 e. The van der Waals surface area contributed by atoms with Crippen molar-refractivity contribution >= 4 is 11.4 Å². The van der Waals surface area contributed by atoms with Crippen LogP contribution in [0.3, 0.4) is 0 Å². The average Bonchev–Trinajstić information content (AvgIpc) is 2.55. The van der Waals surface area contributed by atoms with E-state index in [-0.39, 0.29) is 0 Å². The lowest BCUT2D eigenvalue weighted by atomic mass is 10.2. The summed E-state index contributed by atoms with van der Waals surface area (Å²) in [5.74, 6) is 0.894. The zero-order valence-electron chi connectivity index (χ0n) is 12.5. The molecule has 0 atom stereocenters. The van der Waals surface area contributed by atoms with Crippen molar-refractivity contribution in [3.63, 3.8) is 0 Å². The summed E-state index contributed by atoms with van der Waals surface area (Å²) in [6, 6.07) is 17.5. The Labute approximate surface area is 126 Å². The zero-order valence-corrected chi connectivity index (χ0v) is 12.5. The molecule has 0 aliphatic heterocycles. The van der Waals surface area contributed by atoms with Gasteiger partial charge in [0.25, 0.3) is 0 Å². The second-order valence-corrected chi connectivity index (χ2v) is 4.94. The van der Waals surface area contributed by atoms with Crippen LogP contribution in [0, 0.1) is 0 Å². The molecule has 0 N–H and O–H groups in total. The van der Waals surface area contributed by atoms with Gasteiger partial charge in [-0.2, -0.15) is 10.2 Å². The molecule has 0 saturated heterocycles. The van der Waals surface area contributed by atoms with Crippen LogP contribution in [-0.4, -0.2) is 6.61 Å². The first-order chi connectivity index (χ1) is 10.4. The van der Waals surface area contributed by atoms with Gasteiger partial charge in [-0.15, -0.1) is 0 Å². The van der Waals surface area contributed by atoms with E-state index in [1.165, 1.54) is 19.3 Å². The van der Waals surface area contributed by atoms with Gasteiger partial charge in [-0.05, 0) is 42.8 Å². The maximum absolute atomic E-state index is 5.70. The monoisotopic (exact) mass is 282 g/mol. The van der Waals surface area contributed by atoms with Crippen molar-refractivity contribution in [3.05, 3.63) is 54.6 Å². The molecule has 3 nitrogen and oxygen atoms in total. The molecule has 0 fully saturated rings. The molecule has 0 spiro atoms. The lowest BCUT2D eigenvalue weighted by molar-refractivity contribution is 0.305. The predicted octanol–water partition coefficient (Wildman–Crippen LogP) is 6.06. The van der Waals surface area contributed by atoms with Gasteiger partial charge in [-0.1, -0.05) is 44.4 Å². The molecule has 0 aliphatic rings. The molecule has 21 heavy (non-hydrogen) atoms. The molecule has 0 saturated carbocycles. The number of rotatable bonds is 8. The topological polar surface area (TPSA) is 34.0 Å². The summed E-state index contributed by atoms with van der Waals surface area (Å²) in [6.07, 6.45) is 4.88. The third-order valence-electron chi connectivity index (χ3n) is 3.14. The highest BCUT2D eigenvalue weighted by atomic mass is 16.5. The van der Waals surface area contributed by atoms with Gasteiger partial charge in [0.05, 0.1) is 18.0 Å². The molecule has 2 rings (SSSR count). The minimum atomic E-state index is 0.783. The molecule has 0 aliphatic carbocycles. The van der Waals surface area contributed by atoms with Crippen molar-refractivity contribution in [1.82, 2.24) is 0 Å². The van der Waals surface area contributed by atoms with Crippen LogP contribution in [0.1, 0.15) is 32.6 Å². The Morgan fingerprint density at radius 1 is 0.762 bits per heavy atom. The molecular formula is C18H22N2O. The van der Waals surface area contributed by atoms with E-state index in [0.717, 1.165) is 30.2 Å². The second-order valence-electron chi connectivity index (χ2n) is 4.94. The van der Waals surface area contributed by atoms with Crippen molar-refractivity contribution in [2.75, 3.05) is 6.61 Å². The van der Waals surface area contributed by atoms with Gasteiger partial charge in [-0.3, -0.25) is 0 Å². The highest BCUT2D eigenvalue weighted by molar-refractivity contribution is 5.42. The first kappa shape index (κ1) is 15.2. The zero-order chi connectivity index (χ0) is 14.8. The van der Waals surface area contributed by atoms with E-state index in [2.05, 4.69) is 17.2 Å². The smallest absolute Gasteiger partial charge is 0.119 e. The molecule has 110 valence electrons. The Morgan fingerprint density at radius 2 is 1.43 bits per heavy atom. The van der Waals surface area contributed by atoms with Crippen molar-refractivity contribution in [3.8, 4) is 5.75 Å². The normalized spacial score (nSPS) is 10.9. The number of ether oxygens (including phenoxy) is 1. The van der Waals surface area contributed by atoms with Crippen LogP contribution in [0.5, 0.6) is 5.75 Å². The van der Waals surface area contributed by atoms with Crippen LogP contribution < -0.4 is 4.74 Å². The van der Waals surface area contributed by atoms with Gasteiger partial charge in [0.15, 0.2) is 0 Å². The minimum Gasteiger partial charge on any atom is -0.494 e. The van der Waals surface area contributed by atoms with Crippen LogP contribution in [0.2, 0.25) is 0 Å². The number of nitrogens with zero attached hydrogens (tertiary/aromatic N) is 2. The second kappa shape index (κ2) is 8.90. The summed E-state index contributed by atoms with van der Waals surface area (Å²) in [6.45, 7) is 2.99. The Hall–Kier alpha value is -2.16. The number of hydrogen-bond acceptors (Lipinski definition) is 3. The van der Waals surface area contributed by atoms with Crippen LogP contribution in [-0.2, 0) is 0 Å². The first-order valence-electron chi connectivity index (χ1n) is 7.58. The molecule has 0 radical (unpaired) electrons. The van der Waals surface area contributed by atoms with Crippen LogP contribution in [0.15, 0.2) is 64.8 Å². The van der Waals surface area contributed by atoms with E-state index in [1.807, 2.05) is 54.6 Å². The molecule has 3 heteroatoms. The Balaban J connectivity index is 1.80. The van der Waals surface area contributed by atoms with Gasteiger partial charge in [-0.25, -0.2) is 0 Å². The van der Waals surface area contributed by atoms with E-state index in [4.69, 9.17) is 4.74 Å². The van der Waals surface area contributed by atoms with Crippen molar-refractivity contribution in [2.45, 2.75) is 32.6 Å². The molecule has 2 aromatic rings. The van der Waals surface area contributed by atoms with E-state index >= 15 is 0 Å². The Kier molecular flexibility index (Phi) is 6.46. The van der Waals surface area contributed by atoms with Crippen LogP contribution in [0.25, 0.3) is 0 Å². The lowest BCUT2D eigenvalue weighted by Gasteiger charge is -2.05. The summed E-state index contributed by atoms with van der Waals surface area (Å²) in [4.78, 5) is 0. The third kappa shape index (κ3) is 5.78. The SMILES string of the molecule is CCCCCCOc1ccc(N=Nc2ccccc2)cc1. The number of hydrogen-bond donors (Lipinski definition) is 0. The summed E-state index contributed by atoms with van der Waals surface area (Å²) in [7, 11) is 0. The van der Waals surface area contributed by atoms with Gasteiger partial charge in [0.1, 0.15) is 5.75 Å². The molecule has 2 aromatic carbocycles. The minimum absolute atomic E-state index is 0.783. The van der Waals surface area contributed by atoms with Gasteiger partial charge < -0.3 is 4.74 Å². The van der Waals surface area contributed by atoms with Crippen molar-refractivity contribution in [1.29, 1.82) is 0 Å². The largest absolute Gasteiger partial charge is 0.494 e. The van der Waals surface area contributed by atoms with Gasteiger partial charge >= 0.3 is 0 Å². The summed E-state index contributed by atoms with van der Waals surface area (Å²) < 4.78 is 5.70. The van der Waals surface area contributed by atoms with E-state index in [1.54, 1.807) is 0 Å². The fourth-order valence-corrected chi connectivity index (χ4v) is 1.94. The fourth-order valence-electron chi connectivity index (χ4n) is 1.94. The predicted molar refractivity (Wildman–Crippen MR) is 86.7 cm³/mol. The summed E-state index contributed by atoms with van der Waals surface area (Å²) in [5, 5.41) is 8.39. The number of azo groups is 1. The standard InChI is InChI=1S/C18H22N2O/c1-2-3-4-8-15-21-18-13-11-17(12-14-18)20-19-16-9-6-5-7-10-16/h5-7,9-14H,2-4,8,15H2,1H3. The van der Waals surface area contributed by atoms with E-state index < -0.39 is 0 Å². The Morgan fingerprint density at radius 3 is 2.10 bits per heavy atom. The van der Waals surface area contributed by atoms with E-state index in [0.29, 0.717) is 0 Å². The van der Waals surface area contributed by atoms with Crippen LogP contribution >= 0.6 is 0 Å². The first-order valence-corrected chi connectivity index (χ1v) is 7.58. The van der Waals surface area contributed by atoms with Crippen molar-refractivity contribution in [2.24, 2.45) is 10.2 Å². The van der Waals surface area contributed by atoms with Crippen LogP contribution in [0.4, 0.5) is 11.4 Å².